The minimum atomic E-state index is -0.331. The number of thiazole rings is 1. The summed E-state index contributed by atoms with van der Waals surface area (Å²) in [6, 6.07) is 7.78. The van der Waals surface area contributed by atoms with Crippen LogP contribution < -0.4 is 16.0 Å². The van der Waals surface area contributed by atoms with Gasteiger partial charge in [0.15, 0.2) is 5.96 Å². The molecule has 28 heavy (non-hydrogen) atoms. The Morgan fingerprint density at radius 1 is 1.32 bits per heavy atom. The number of hydrogen-bond donors (Lipinski definition) is 3. The van der Waals surface area contributed by atoms with Crippen LogP contribution in [0.15, 0.2) is 29.3 Å². The fourth-order valence-electron chi connectivity index (χ4n) is 2.95. The Morgan fingerprint density at radius 2 is 2.14 bits per heavy atom. The molecule has 3 rings (SSSR count). The van der Waals surface area contributed by atoms with Crippen molar-refractivity contribution in [1.29, 1.82) is 0 Å². The SMILES string of the molecule is CN=C(NCc1cccc(NC(=O)C2CCCO2)c1)NCc1nc(C)c(C)s1. The van der Waals surface area contributed by atoms with Gasteiger partial charge in [0, 0.05) is 30.8 Å². The van der Waals surface area contributed by atoms with Gasteiger partial charge >= 0.3 is 0 Å². The molecule has 0 saturated carbocycles. The van der Waals surface area contributed by atoms with Crippen LogP contribution in [0.4, 0.5) is 5.69 Å². The van der Waals surface area contributed by atoms with Crippen molar-refractivity contribution in [1.82, 2.24) is 15.6 Å². The number of guanidine groups is 1. The summed E-state index contributed by atoms with van der Waals surface area (Å²) in [5.74, 6) is 0.633. The van der Waals surface area contributed by atoms with Crippen molar-refractivity contribution < 1.29 is 9.53 Å². The fourth-order valence-corrected chi connectivity index (χ4v) is 3.82. The molecule has 3 N–H and O–H groups in total. The number of nitrogens with one attached hydrogen (secondary N) is 3. The van der Waals surface area contributed by atoms with Gasteiger partial charge in [-0.1, -0.05) is 12.1 Å². The molecule has 7 nitrogen and oxygen atoms in total. The monoisotopic (exact) mass is 401 g/mol. The number of anilines is 1. The molecule has 1 atom stereocenters. The lowest BCUT2D eigenvalue weighted by atomic mass is 10.2. The highest BCUT2D eigenvalue weighted by Gasteiger charge is 2.23. The van der Waals surface area contributed by atoms with E-state index >= 15 is 0 Å². The number of benzene rings is 1. The van der Waals surface area contributed by atoms with Crippen molar-refractivity contribution in [3.63, 3.8) is 0 Å². The second-order valence-electron chi connectivity index (χ2n) is 6.72. The van der Waals surface area contributed by atoms with Crippen LogP contribution in [0.1, 0.15) is 34.0 Å². The number of amides is 1. The Labute approximate surface area is 169 Å². The molecule has 1 unspecified atom stereocenters. The van der Waals surface area contributed by atoms with Gasteiger partial charge in [-0.15, -0.1) is 11.3 Å². The number of carbonyl (C=O) groups excluding carboxylic acids is 1. The number of carbonyl (C=O) groups is 1. The normalized spacial score (nSPS) is 16.8. The summed E-state index contributed by atoms with van der Waals surface area (Å²) < 4.78 is 5.43. The van der Waals surface area contributed by atoms with E-state index in [1.54, 1.807) is 18.4 Å². The highest BCUT2D eigenvalue weighted by Crippen LogP contribution is 2.17. The van der Waals surface area contributed by atoms with Crippen LogP contribution in [0.3, 0.4) is 0 Å². The van der Waals surface area contributed by atoms with E-state index in [0.29, 0.717) is 25.7 Å². The van der Waals surface area contributed by atoms with E-state index < -0.39 is 0 Å². The van der Waals surface area contributed by atoms with E-state index in [1.165, 1.54) is 4.88 Å². The van der Waals surface area contributed by atoms with E-state index in [0.717, 1.165) is 34.8 Å². The van der Waals surface area contributed by atoms with Gasteiger partial charge in [0.1, 0.15) is 11.1 Å². The number of hydrogen-bond acceptors (Lipinski definition) is 5. The molecule has 2 aromatic rings. The molecule has 1 fully saturated rings. The van der Waals surface area contributed by atoms with Crippen molar-refractivity contribution in [3.05, 3.63) is 45.4 Å². The number of ether oxygens (including phenoxy) is 1. The minimum absolute atomic E-state index is 0.0749. The summed E-state index contributed by atoms with van der Waals surface area (Å²) >= 11 is 1.69. The highest BCUT2D eigenvalue weighted by atomic mass is 32.1. The summed E-state index contributed by atoms with van der Waals surface area (Å²) in [5, 5.41) is 10.5. The third kappa shape index (κ3) is 5.53. The van der Waals surface area contributed by atoms with Crippen LogP contribution in [-0.2, 0) is 22.6 Å². The van der Waals surface area contributed by atoms with Crippen LogP contribution >= 0.6 is 11.3 Å². The van der Waals surface area contributed by atoms with Crippen LogP contribution in [-0.4, -0.2) is 36.6 Å². The van der Waals surface area contributed by atoms with Crippen molar-refractivity contribution in [2.75, 3.05) is 19.0 Å². The molecule has 0 aliphatic carbocycles. The molecule has 0 bridgehead atoms. The lowest BCUT2D eigenvalue weighted by Gasteiger charge is -2.13. The van der Waals surface area contributed by atoms with E-state index in [9.17, 15) is 4.79 Å². The van der Waals surface area contributed by atoms with Crippen LogP contribution in [0.2, 0.25) is 0 Å². The van der Waals surface area contributed by atoms with Crippen molar-refractivity contribution >= 4 is 28.9 Å². The van der Waals surface area contributed by atoms with Gasteiger partial charge in [0.2, 0.25) is 0 Å². The zero-order valence-electron chi connectivity index (χ0n) is 16.5. The second-order valence-corrected chi connectivity index (χ2v) is 8.01. The van der Waals surface area contributed by atoms with Crippen LogP contribution in [0.5, 0.6) is 0 Å². The molecule has 1 amide bonds. The third-order valence-corrected chi connectivity index (χ3v) is 5.65. The van der Waals surface area contributed by atoms with E-state index in [-0.39, 0.29) is 12.0 Å². The fraction of sp³-hybridized carbons (Fsp3) is 0.450. The highest BCUT2D eigenvalue weighted by molar-refractivity contribution is 7.11. The van der Waals surface area contributed by atoms with Crippen molar-refractivity contribution in [2.45, 2.75) is 45.9 Å². The lowest BCUT2D eigenvalue weighted by Crippen LogP contribution is -2.36. The summed E-state index contributed by atoms with van der Waals surface area (Å²) in [5.41, 5.74) is 2.90. The first kappa shape index (κ1) is 20.3. The van der Waals surface area contributed by atoms with Gasteiger partial charge in [0.25, 0.3) is 5.91 Å². The topological polar surface area (TPSA) is 87.6 Å². The number of aromatic nitrogens is 1. The van der Waals surface area contributed by atoms with Crippen LogP contribution in [0, 0.1) is 13.8 Å². The Morgan fingerprint density at radius 3 is 2.82 bits per heavy atom. The van der Waals surface area contributed by atoms with Crippen LogP contribution in [0.25, 0.3) is 0 Å². The van der Waals surface area contributed by atoms with Crippen molar-refractivity contribution in [2.24, 2.45) is 4.99 Å². The Balaban J connectivity index is 1.50. The third-order valence-electron chi connectivity index (χ3n) is 4.58. The number of aryl methyl sites for hydroxylation is 2. The predicted molar refractivity (Wildman–Crippen MR) is 113 cm³/mol. The van der Waals surface area contributed by atoms with E-state index in [2.05, 4.69) is 32.9 Å². The molecule has 1 aliphatic heterocycles. The first-order chi connectivity index (χ1) is 13.5. The van der Waals surface area contributed by atoms with E-state index in [4.69, 9.17) is 4.74 Å². The molecule has 8 heteroatoms. The summed E-state index contributed by atoms with van der Waals surface area (Å²) in [6.07, 6.45) is 1.39. The van der Waals surface area contributed by atoms with Gasteiger partial charge in [-0.25, -0.2) is 4.98 Å². The zero-order chi connectivity index (χ0) is 19.9. The first-order valence-corrected chi connectivity index (χ1v) is 10.3. The Bertz CT molecular complexity index is 823. The Hall–Kier alpha value is -2.45. The molecular weight excluding hydrogens is 374 g/mol. The van der Waals surface area contributed by atoms with Crippen molar-refractivity contribution in [3.8, 4) is 0 Å². The van der Waals surface area contributed by atoms with Gasteiger partial charge < -0.3 is 20.7 Å². The second kappa shape index (κ2) is 9.66. The smallest absolute Gasteiger partial charge is 0.253 e. The summed E-state index contributed by atoms with van der Waals surface area (Å²) in [4.78, 5) is 22.2. The van der Waals surface area contributed by atoms with Gasteiger partial charge in [-0.3, -0.25) is 9.79 Å². The number of nitrogens with zero attached hydrogens (tertiary/aromatic N) is 2. The maximum absolute atomic E-state index is 12.2. The molecule has 1 saturated heterocycles. The van der Waals surface area contributed by atoms with Gasteiger partial charge in [0.05, 0.1) is 12.2 Å². The maximum atomic E-state index is 12.2. The largest absolute Gasteiger partial charge is 0.368 e. The quantitative estimate of drug-likeness (QED) is 0.512. The first-order valence-electron chi connectivity index (χ1n) is 9.44. The molecule has 1 aromatic carbocycles. The number of rotatable bonds is 6. The predicted octanol–water partition coefficient (Wildman–Crippen LogP) is 2.74. The van der Waals surface area contributed by atoms with Gasteiger partial charge in [-0.05, 0) is 44.4 Å². The van der Waals surface area contributed by atoms with E-state index in [1.807, 2.05) is 31.2 Å². The molecular formula is C20H27N5O2S. The summed E-state index contributed by atoms with van der Waals surface area (Å²) in [7, 11) is 1.74. The standard InChI is InChI=1S/C20H27N5O2S/c1-13-14(2)28-18(24-13)12-23-20(21-3)22-11-15-6-4-7-16(10-15)25-19(26)17-8-5-9-27-17/h4,6-7,10,17H,5,8-9,11-12H2,1-3H3,(H,25,26)(H2,21,22,23). The zero-order valence-corrected chi connectivity index (χ0v) is 17.4. The molecule has 1 aliphatic rings. The molecule has 1 aromatic heterocycles. The molecule has 2 heterocycles. The lowest BCUT2D eigenvalue weighted by molar-refractivity contribution is -0.124. The average Bonchev–Trinajstić information content (AvgIpc) is 3.33. The molecule has 0 spiro atoms. The maximum Gasteiger partial charge on any atom is 0.253 e. The number of aliphatic imine (C=N–C) groups is 1. The summed E-state index contributed by atoms with van der Waals surface area (Å²) in [6.45, 7) is 5.99. The minimum Gasteiger partial charge on any atom is -0.368 e. The average molecular weight is 402 g/mol. The molecule has 150 valence electrons. The molecule has 0 radical (unpaired) electrons. The van der Waals surface area contributed by atoms with Gasteiger partial charge in [-0.2, -0.15) is 0 Å². The Kier molecular flexibility index (Phi) is 7.00.